The molecule has 1 N–H and O–H groups in total. The van der Waals surface area contributed by atoms with E-state index in [-0.39, 0.29) is 0 Å². The molecule has 1 aromatic heterocycles. The summed E-state index contributed by atoms with van der Waals surface area (Å²) in [6.45, 7) is 5.33. The molecule has 0 aliphatic carbocycles. The quantitative estimate of drug-likeness (QED) is 0.841. The van der Waals surface area contributed by atoms with Crippen molar-refractivity contribution in [3.8, 4) is 0 Å². The standard InChI is InChI=1S/C14H17NS/c1-11-8-9-16-14(11)10-15-12(2)13-6-4-3-5-7-13/h3-9,12,15H,10H2,1-2H3. The van der Waals surface area contributed by atoms with E-state index >= 15 is 0 Å². The smallest absolute Gasteiger partial charge is 0.0308 e. The number of rotatable bonds is 4. The van der Waals surface area contributed by atoms with E-state index in [1.165, 1.54) is 16.0 Å². The van der Waals surface area contributed by atoms with Gasteiger partial charge < -0.3 is 5.32 Å². The normalized spacial score (nSPS) is 12.6. The highest BCUT2D eigenvalue weighted by atomic mass is 32.1. The van der Waals surface area contributed by atoms with Crippen LogP contribution in [0.5, 0.6) is 0 Å². The highest BCUT2D eigenvalue weighted by Crippen LogP contribution is 2.17. The molecule has 16 heavy (non-hydrogen) atoms. The Labute approximate surface area is 101 Å². The minimum atomic E-state index is 0.405. The SMILES string of the molecule is Cc1ccsc1CNC(C)c1ccccc1. The van der Waals surface area contributed by atoms with Gasteiger partial charge in [-0.25, -0.2) is 0 Å². The van der Waals surface area contributed by atoms with Gasteiger partial charge in [0.25, 0.3) is 0 Å². The Hall–Kier alpha value is -1.12. The Morgan fingerprint density at radius 1 is 1.19 bits per heavy atom. The number of thiophene rings is 1. The van der Waals surface area contributed by atoms with Gasteiger partial charge in [0.2, 0.25) is 0 Å². The van der Waals surface area contributed by atoms with Gasteiger partial charge in [0.1, 0.15) is 0 Å². The number of aryl methyl sites for hydroxylation is 1. The fourth-order valence-corrected chi connectivity index (χ4v) is 2.55. The Bertz CT molecular complexity index is 433. The summed E-state index contributed by atoms with van der Waals surface area (Å²) in [5, 5.41) is 5.70. The molecule has 1 atom stereocenters. The average molecular weight is 231 g/mol. The molecule has 84 valence electrons. The average Bonchev–Trinajstić information content (AvgIpc) is 2.73. The lowest BCUT2D eigenvalue weighted by Gasteiger charge is -2.13. The largest absolute Gasteiger partial charge is 0.305 e. The highest BCUT2D eigenvalue weighted by molar-refractivity contribution is 7.10. The third kappa shape index (κ3) is 2.71. The molecule has 0 saturated carbocycles. The van der Waals surface area contributed by atoms with E-state index in [1.54, 1.807) is 0 Å². The van der Waals surface area contributed by atoms with E-state index in [0.29, 0.717) is 6.04 Å². The van der Waals surface area contributed by atoms with Crippen LogP contribution in [0, 0.1) is 6.92 Å². The zero-order valence-electron chi connectivity index (χ0n) is 9.73. The summed E-state index contributed by atoms with van der Waals surface area (Å²) in [5.41, 5.74) is 2.73. The predicted molar refractivity (Wildman–Crippen MR) is 70.8 cm³/mol. The minimum absolute atomic E-state index is 0.405. The molecule has 0 bridgehead atoms. The van der Waals surface area contributed by atoms with Gasteiger partial charge in [0, 0.05) is 17.5 Å². The van der Waals surface area contributed by atoms with Crippen LogP contribution in [0.25, 0.3) is 0 Å². The Balaban J connectivity index is 1.94. The van der Waals surface area contributed by atoms with Gasteiger partial charge in [-0.3, -0.25) is 0 Å². The van der Waals surface area contributed by atoms with Gasteiger partial charge in [-0.05, 0) is 36.4 Å². The third-order valence-electron chi connectivity index (χ3n) is 2.84. The molecule has 0 amide bonds. The second kappa shape index (κ2) is 5.28. The first-order chi connectivity index (χ1) is 7.77. The molecule has 0 spiro atoms. The maximum Gasteiger partial charge on any atom is 0.0308 e. The van der Waals surface area contributed by atoms with Crippen LogP contribution in [0.3, 0.4) is 0 Å². The van der Waals surface area contributed by atoms with Crippen molar-refractivity contribution in [1.82, 2.24) is 5.32 Å². The van der Waals surface area contributed by atoms with Crippen LogP contribution in [-0.4, -0.2) is 0 Å². The molecule has 1 heterocycles. The van der Waals surface area contributed by atoms with Crippen molar-refractivity contribution in [2.45, 2.75) is 26.4 Å². The molecule has 0 radical (unpaired) electrons. The number of benzene rings is 1. The fourth-order valence-electron chi connectivity index (χ4n) is 1.69. The van der Waals surface area contributed by atoms with Crippen LogP contribution in [0.2, 0.25) is 0 Å². The van der Waals surface area contributed by atoms with Gasteiger partial charge in [0.05, 0.1) is 0 Å². The second-order valence-corrected chi connectivity index (χ2v) is 5.04. The summed E-state index contributed by atoms with van der Waals surface area (Å²) >= 11 is 1.82. The summed E-state index contributed by atoms with van der Waals surface area (Å²) in [4.78, 5) is 1.43. The molecule has 1 nitrogen and oxygen atoms in total. The van der Waals surface area contributed by atoms with E-state index in [9.17, 15) is 0 Å². The zero-order valence-corrected chi connectivity index (χ0v) is 10.6. The third-order valence-corrected chi connectivity index (χ3v) is 3.86. The number of nitrogens with one attached hydrogen (secondary N) is 1. The first kappa shape index (κ1) is 11.4. The molecular weight excluding hydrogens is 214 g/mol. The van der Waals surface area contributed by atoms with Crippen LogP contribution in [0.4, 0.5) is 0 Å². The van der Waals surface area contributed by atoms with Crippen LogP contribution >= 0.6 is 11.3 Å². The maximum atomic E-state index is 3.55. The summed E-state index contributed by atoms with van der Waals surface area (Å²) in [5.74, 6) is 0. The van der Waals surface area contributed by atoms with E-state index in [0.717, 1.165) is 6.54 Å². The Morgan fingerprint density at radius 2 is 1.94 bits per heavy atom. The molecule has 1 aromatic carbocycles. The summed E-state index contributed by atoms with van der Waals surface area (Å²) in [7, 11) is 0. The monoisotopic (exact) mass is 231 g/mol. The van der Waals surface area contributed by atoms with E-state index in [2.05, 4.69) is 60.9 Å². The van der Waals surface area contributed by atoms with Crippen molar-refractivity contribution >= 4 is 11.3 Å². The fraction of sp³-hybridized carbons (Fsp3) is 0.286. The lowest BCUT2D eigenvalue weighted by molar-refractivity contribution is 0.578. The van der Waals surface area contributed by atoms with Crippen LogP contribution in [-0.2, 0) is 6.54 Å². The van der Waals surface area contributed by atoms with Crippen molar-refractivity contribution in [2.75, 3.05) is 0 Å². The van der Waals surface area contributed by atoms with Crippen LogP contribution in [0.15, 0.2) is 41.8 Å². The first-order valence-electron chi connectivity index (χ1n) is 5.58. The van der Waals surface area contributed by atoms with Gasteiger partial charge in [0.15, 0.2) is 0 Å². The lowest BCUT2D eigenvalue weighted by atomic mass is 10.1. The van der Waals surface area contributed by atoms with Crippen molar-refractivity contribution in [1.29, 1.82) is 0 Å². The molecule has 2 rings (SSSR count). The highest BCUT2D eigenvalue weighted by Gasteiger charge is 2.05. The van der Waals surface area contributed by atoms with Crippen molar-refractivity contribution in [3.63, 3.8) is 0 Å². The predicted octanol–water partition coefficient (Wildman–Crippen LogP) is 3.91. The molecule has 0 aliphatic heterocycles. The van der Waals surface area contributed by atoms with Gasteiger partial charge >= 0.3 is 0 Å². The molecular formula is C14H17NS. The molecule has 2 aromatic rings. The molecule has 1 unspecified atom stereocenters. The summed E-state index contributed by atoms with van der Waals surface area (Å²) in [6, 6.07) is 13.1. The van der Waals surface area contributed by atoms with Crippen LogP contribution < -0.4 is 5.32 Å². The van der Waals surface area contributed by atoms with Gasteiger partial charge in [-0.2, -0.15) is 0 Å². The lowest BCUT2D eigenvalue weighted by Crippen LogP contribution is -2.17. The van der Waals surface area contributed by atoms with Crippen molar-refractivity contribution in [2.24, 2.45) is 0 Å². The van der Waals surface area contributed by atoms with Gasteiger partial charge in [-0.1, -0.05) is 30.3 Å². The summed E-state index contributed by atoms with van der Waals surface area (Å²) in [6.07, 6.45) is 0. The molecule has 0 saturated heterocycles. The maximum absolute atomic E-state index is 3.55. The topological polar surface area (TPSA) is 12.0 Å². The minimum Gasteiger partial charge on any atom is -0.305 e. The number of hydrogen-bond acceptors (Lipinski definition) is 2. The first-order valence-corrected chi connectivity index (χ1v) is 6.46. The van der Waals surface area contributed by atoms with Gasteiger partial charge in [-0.15, -0.1) is 11.3 Å². The van der Waals surface area contributed by atoms with Crippen molar-refractivity contribution < 1.29 is 0 Å². The van der Waals surface area contributed by atoms with E-state index in [1.807, 2.05) is 11.3 Å². The number of hydrogen-bond donors (Lipinski definition) is 1. The zero-order chi connectivity index (χ0) is 11.4. The van der Waals surface area contributed by atoms with E-state index in [4.69, 9.17) is 0 Å². The molecule has 2 heteroatoms. The molecule has 0 aliphatic rings. The second-order valence-electron chi connectivity index (χ2n) is 4.04. The Morgan fingerprint density at radius 3 is 2.56 bits per heavy atom. The van der Waals surface area contributed by atoms with Crippen molar-refractivity contribution in [3.05, 3.63) is 57.8 Å². The van der Waals surface area contributed by atoms with E-state index < -0.39 is 0 Å². The van der Waals surface area contributed by atoms with Crippen LogP contribution in [0.1, 0.15) is 29.0 Å². The summed E-state index contributed by atoms with van der Waals surface area (Å²) < 4.78 is 0. The Kier molecular flexibility index (Phi) is 3.75. The molecule has 0 fully saturated rings.